The first-order chi connectivity index (χ1) is 8.34. The fourth-order valence-corrected chi connectivity index (χ4v) is 2.52. The molecular weight excluding hydrogens is 206 g/mol. The van der Waals surface area contributed by atoms with Crippen LogP contribution in [0.1, 0.15) is 37.7 Å². The summed E-state index contributed by atoms with van der Waals surface area (Å²) in [6, 6.07) is 11.2. The van der Waals surface area contributed by atoms with Crippen molar-refractivity contribution in [1.82, 2.24) is 0 Å². The summed E-state index contributed by atoms with van der Waals surface area (Å²) in [4.78, 5) is 0. The SMILES string of the molecule is NC1CCC(/C=C/CCc2ccccc2)CC1. The van der Waals surface area contributed by atoms with Gasteiger partial charge in [-0.2, -0.15) is 0 Å². The van der Waals surface area contributed by atoms with Crippen LogP contribution in [-0.2, 0) is 6.42 Å². The van der Waals surface area contributed by atoms with Gasteiger partial charge in [-0.15, -0.1) is 0 Å². The Balaban J connectivity index is 1.68. The van der Waals surface area contributed by atoms with Crippen LogP contribution in [-0.4, -0.2) is 6.04 Å². The predicted molar refractivity (Wildman–Crippen MR) is 73.8 cm³/mol. The molecule has 1 aliphatic carbocycles. The van der Waals surface area contributed by atoms with Gasteiger partial charge in [0.15, 0.2) is 0 Å². The minimum atomic E-state index is 0.462. The zero-order valence-electron chi connectivity index (χ0n) is 10.5. The van der Waals surface area contributed by atoms with E-state index in [4.69, 9.17) is 5.73 Å². The van der Waals surface area contributed by atoms with E-state index in [1.54, 1.807) is 0 Å². The third-order valence-electron chi connectivity index (χ3n) is 3.67. The topological polar surface area (TPSA) is 26.0 Å². The highest BCUT2D eigenvalue weighted by Gasteiger charge is 2.15. The van der Waals surface area contributed by atoms with Crippen molar-refractivity contribution >= 4 is 0 Å². The lowest BCUT2D eigenvalue weighted by molar-refractivity contribution is 0.375. The Bertz CT molecular complexity index is 334. The van der Waals surface area contributed by atoms with Crippen LogP contribution < -0.4 is 5.73 Å². The Morgan fingerprint density at radius 1 is 1.06 bits per heavy atom. The molecule has 0 amide bonds. The van der Waals surface area contributed by atoms with Crippen molar-refractivity contribution in [3.05, 3.63) is 48.0 Å². The molecule has 1 saturated carbocycles. The number of hydrogen-bond donors (Lipinski definition) is 1. The molecule has 1 aliphatic rings. The van der Waals surface area contributed by atoms with E-state index in [1.165, 1.54) is 31.2 Å². The molecule has 0 radical (unpaired) electrons. The van der Waals surface area contributed by atoms with E-state index in [2.05, 4.69) is 42.5 Å². The smallest absolute Gasteiger partial charge is 0.00392 e. The molecule has 0 heterocycles. The van der Waals surface area contributed by atoms with E-state index in [9.17, 15) is 0 Å². The molecule has 1 nitrogen and oxygen atoms in total. The Labute approximate surface area is 105 Å². The molecule has 1 aromatic rings. The van der Waals surface area contributed by atoms with Crippen molar-refractivity contribution < 1.29 is 0 Å². The molecular formula is C16H23N. The van der Waals surface area contributed by atoms with Gasteiger partial charge in [-0.3, -0.25) is 0 Å². The summed E-state index contributed by atoms with van der Waals surface area (Å²) in [6.07, 6.45) is 12.0. The van der Waals surface area contributed by atoms with Gasteiger partial charge in [0, 0.05) is 6.04 Å². The molecule has 0 atom stereocenters. The highest BCUT2D eigenvalue weighted by molar-refractivity contribution is 5.15. The van der Waals surface area contributed by atoms with Gasteiger partial charge in [-0.1, -0.05) is 42.5 Å². The van der Waals surface area contributed by atoms with E-state index in [-0.39, 0.29) is 0 Å². The van der Waals surface area contributed by atoms with Crippen LogP contribution in [0.3, 0.4) is 0 Å². The molecule has 92 valence electrons. The number of nitrogens with two attached hydrogens (primary N) is 1. The number of hydrogen-bond acceptors (Lipinski definition) is 1. The average Bonchev–Trinajstić information content (AvgIpc) is 2.38. The highest BCUT2D eigenvalue weighted by atomic mass is 14.6. The second-order valence-electron chi connectivity index (χ2n) is 5.13. The lowest BCUT2D eigenvalue weighted by Gasteiger charge is -2.23. The zero-order valence-corrected chi connectivity index (χ0v) is 10.5. The summed E-state index contributed by atoms with van der Waals surface area (Å²) in [5, 5.41) is 0. The summed E-state index contributed by atoms with van der Waals surface area (Å²) in [5.74, 6) is 0.783. The van der Waals surface area contributed by atoms with Gasteiger partial charge >= 0.3 is 0 Å². The number of benzene rings is 1. The quantitative estimate of drug-likeness (QED) is 0.783. The monoisotopic (exact) mass is 229 g/mol. The molecule has 0 aromatic heterocycles. The summed E-state index contributed by atoms with van der Waals surface area (Å²) in [5.41, 5.74) is 7.34. The molecule has 1 aromatic carbocycles. The van der Waals surface area contributed by atoms with Crippen LogP contribution in [0.15, 0.2) is 42.5 Å². The Hall–Kier alpha value is -1.08. The van der Waals surface area contributed by atoms with E-state index in [0.29, 0.717) is 6.04 Å². The standard InChI is InChI=1S/C16H23N/c17-16-12-10-15(11-13-16)9-5-4-8-14-6-2-1-3-7-14/h1-3,5-7,9,15-16H,4,8,10-13,17H2/b9-5+. The van der Waals surface area contributed by atoms with Gasteiger partial charge in [-0.25, -0.2) is 0 Å². The molecule has 0 spiro atoms. The lowest BCUT2D eigenvalue weighted by Crippen LogP contribution is -2.25. The largest absolute Gasteiger partial charge is 0.328 e. The van der Waals surface area contributed by atoms with Crippen LogP contribution in [0.4, 0.5) is 0 Å². The number of rotatable bonds is 4. The van der Waals surface area contributed by atoms with Gasteiger partial charge in [-0.05, 0) is 50.0 Å². The zero-order chi connectivity index (χ0) is 11.9. The van der Waals surface area contributed by atoms with Gasteiger partial charge in [0.05, 0.1) is 0 Å². The van der Waals surface area contributed by atoms with Gasteiger partial charge < -0.3 is 5.73 Å². The van der Waals surface area contributed by atoms with E-state index < -0.39 is 0 Å². The predicted octanol–water partition coefficient (Wildman–Crippen LogP) is 3.69. The molecule has 2 N–H and O–H groups in total. The van der Waals surface area contributed by atoms with Crippen molar-refractivity contribution in [2.24, 2.45) is 11.7 Å². The number of allylic oxidation sites excluding steroid dienone is 2. The first kappa shape index (κ1) is 12.4. The minimum absolute atomic E-state index is 0.462. The second kappa shape index (κ2) is 6.61. The third-order valence-corrected chi connectivity index (χ3v) is 3.67. The van der Waals surface area contributed by atoms with E-state index >= 15 is 0 Å². The maximum atomic E-state index is 5.90. The Morgan fingerprint density at radius 2 is 1.76 bits per heavy atom. The molecule has 0 unspecified atom stereocenters. The highest BCUT2D eigenvalue weighted by Crippen LogP contribution is 2.24. The van der Waals surface area contributed by atoms with Crippen LogP contribution in [0.2, 0.25) is 0 Å². The average molecular weight is 229 g/mol. The molecule has 1 fully saturated rings. The first-order valence-electron chi connectivity index (χ1n) is 6.81. The van der Waals surface area contributed by atoms with Gasteiger partial charge in [0.25, 0.3) is 0 Å². The normalized spacial score (nSPS) is 25.2. The van der Waals surface area contributed by atoms with Crippen molar-refractivity contribution in [2.45, 2.75) is 44.6 Å². The fraction of sp³-hybridized carbons (Fsp3) is 0.500. The Morgan fingerprint density at radius 3 is 2.47 bits per heavy atom. The summed E-state index contributed by atoms with van der Waals surface area (Å²) in [7, 11) is 0. The van der Waals surface area contributed by atoms with Gasteiger partial charge in [0.2, 0.25) is 0 Å². The van der Waals surface area contributed by atoms with Crippen molar-refractivity contribution in [3.63, 3.8) is 0 Å². The summed E-state index contributed by atoms with van der Waals surface area (Å²) >= 11 is 0. The van der Waals surface area contributed by atoms with E-state index in [0.717, 1.165) is 18.8 Å². The number of aryl methyl sites for hydroxylation is 1. The second-order valence-corrected chi connectivity index (χ2v) is 5.13. The van der Waals surface area contributed by atoms with Crippen molar-refractivity contribution in [2.75, 3.05) is 0 Å². The van der Waals surface area contributed by atoms with Gasteiger partial charge in [0.1, 0.15) is 0 Å². The maximum absolute atomic E-state index is 5.90. The van der Waals surface area contributed by atoms with Crippen molar-refractivity contribution in [1.29, 1.82) is 0 Å². The third kappa shape index (κ3) is 4.35. The molecule has 2 rings (SSSR count). The first-order valence-corrected chi connectivity index (χ1v) is 6.81. The summed E-state index contributed by atoms with van der Waals surface area (Å²) < 4.78 is 0. The molecule has 0 aliphatic heterocycles. The van der Waals surface area contributed by atoms with E-state index in [1.807, 2.05) is 0 Å². The maximum Gasteiger partial charge on any atom is 0.00392 e. The lowest BCUT2D eigenvalue weighted by atomic mass is 9.86. The van der Waals surface area contributed by atoms with Crippen LogP contribution in [0.25, 0.3) is 0 Å². The molecule has 0 saturated heterocycles. The minimum Gasteiger partial charge on any atom is -0.328 e. The molecule has 1 heteroatoms. The Kier molecular flexibility index (Phi) is 4.81. The molecule has 0 bridgehead atoms. The summed E-state index contributed by atoms with van der Waals surface area (Å²) in [6.45, 7) is 0. The fourth-order valence-electron chi connectivity index (χ4n) is 2.52. The van der Waals surface area contributed by atoms with Crippen LogP contribution >= 0.6 is 0 Å². The molecule has 17 heavy (non-hydrogen) atoms. The van der Waals surface area contributed by atoms with Crippen molar-refractivity contribution in [3.8, 4) is 0 Å². The van der Waals surface area contributed by atoms with Crippen LogP contribution in [0, 0.1) is 5.92 Å². The van der Waals surface area contributed by atoms with Crippen LogP contribution in [0.5, 0.6) is 0 Å².